The number of hydrogen-bond donors (Lipinski definition) is 1. The molecule has 1 aliphatic heterocycles. The number of nitrogens with one attached hydrogen (secondary N) is 1. The molecule has 0 saturated heterocycles. The van der Waals surface area contributed by atoms with E-state index in [0.29, 0.717) is 11.5 Å². The molecule has 2 aromatic rings. The van der Waals surface area contributed by atoms with E-state index in [2.05, 4.69) is 5.32 Å². The van der Waals surface area contributed by atoms with E-state index < -0.39 is 23.8 Å². The SMILES string of the molecule is C[C@H](OC(=O)/C=C/c1ccccc1F)C(=O)NCc1ccc2c(c1)OCO2. The van der Waals surface area contributed by atoms with Gasteiger partial charge in [0.1, 0.15) is 5.82 Å². The van der Waals surface area contributed by atoms with E-state index in [0.717, 1.165) is 11.6 Å². The normalized spacial score (nSPS) is 13.4. The van der Waals surface area contributed by atoms with Gasteiger partial charge in [-0.05, 0) is 36.8 Å². The van der Waals surface area contributed by atoms with Crippen molar-refractivity contribution in [3.63, 3.8) is 0 Å². The zero-order valence-electron chi connectivity index (χ0n) is 14.6. The Hall–Kier alpha value is -3.35. The average molecular weight is 371 g/mol. The maximum Gasteiger partial charge on any atom is 0.331 e. The van der Waals surface area contributed by atoms with E-state index in [9.17, 15) is 14.0 Å². The van der Waals surface area contributed by atoms with Crippen LogP contribution in [0.3, 0.4) is 0 Å². The van der Waals surface area contributed by atoms with Gasteiger partial charge >= 0.3 is 5.97 Å². The molecule has 1 atom stereocenters. The van der Waals surface area contributed by atoms with Gasteiger partial charge < -0.3 is 19.5 Å². The standard InChI is InChI=1S/C20H18FNO5/c1-13(27-19(23)9-7-15-4-2-3-5-16(15)21)20(24)22-11-14-6-8-17-18(10-14)26-12-25-17/h2-10,13H,11-12H2,1H3,(H,22,24)/b9-7+/t13-/m0/s1. The van der Waals surface area contributed by atoms with Crippen LogP contribution in [0.25, 0.3) is 6.08 Å². The first kappa shape index (κ1) is 18.4. The summed E-state index contributed by atoms with van der Waals surface area (Å²) in [5, 5.41) is 2.68. The first-order valence-electron chi connectivity index (χ1n) is 8.32. The highest BCUT2D eigenvalue weighted by molar-refractivity contribution is 5.90. The zero-order valence-corrected chi connectivity index (χ0v) is 14.6. The minimum absolute atomic E-state index is 0.179. The maximum atomic E-state index is 13.5. The first-order chi connectivity index (χ1) is 13.0. The Morgan fingerprint density at radius 2 is 2.00 bits per heavy atom. The number of rotatable bonds is 6. The third kappa shape index (κ3) is 4.84. The van der Waals surface area contributed by atoms with Gasteiger partial charge in [0.15, 0.2) is 17.6 Å². The molecule has 0 bridgehead atoms. The third-order valence-corrected chi connectivity index (χ3v) is 3.87. The molecule has 1 N–H and O–H groups in total. The molecule has 0 aromatic heterocycles. The molecule has 0 radical (unpaired) electrons. The van der Waals surface area contributed by atoms with Crippen LogP contribution in [0.4, 0.5) is 4.39 Å². The van der Waals surface area contributed by atoms with E-state index >= 15 is 0 Å². The van der Waals surface area contributed by atoms with Crippen LogP contribution in [0.15, 0.2) is 48.5 Å². The largest absolute Gasteiger partial charge is 0.454 e. The third-order valence-electron chi connectivity index (χ3n) is 3.87. The summed E-state index contributed by atoms with van der Waals surface area (Å²) in [5.41, 5.74) is 1.08. The van der Waals surface area contributed by atoms with Gasteiger partial charge in [-0.15, -0.1) is 0 Å². The Bertz CT molecular complexity index is 880. The van der Waals surface area contributed by atoms with Gasteiger partial charge in [0.2, 0.25) is 6.79 Å². The number of halogens is 1. The molecule has 1 heterocycles. The number of esters is 1. The predicted octanol–water partition coefficient (Wildman–Crippen LogP) is 2.82. The molecule has 6 nitrogen and oxygen atoms in total. The van der Waals surface area contributed by atoms with E-state index in [-0.39, 0.29) is 18.9 Å². The van der Waals surface area contributed by atoms with Crippen LogP contribution in [0.2, 0.25) is 0 Å². The topological polar surface area (TPSA) is 73.9 Å². The Morgan fingerprint density at radius 1 is 1.22 bits per heavy atom. The average Bonchev–Trinajstić information content (AvgIpc) is 3.13. The summed E-state index contributed by atoms with van der Waals surface area (Å²) in [7, 11) is 0. The smallest absolute Gasteiger partial charge is 0.331 e. The molecule has 1 amide bonds. The maximum absolute atomic E-state index is 13.5. The summed E-state index contributed by atoms with van der Waals surface area (Å²) in [6.45, 7) is 1.89. The van der Waals surface area contributed by atoms with Gasteiger partial charge in [-0.3, -0.25) is 4.79 Å². The number of amides is 1. The van der Waals surface area contributed by atoms with Crippen molar-refractivity contribution in [2.24, 2.45) is 0 Å². The molecule has 27 heavy (non-hydrogen) atoms. The summed E-state index contributed by atoms with van der Waals surface area (Å²) < 4.78 is 29.0. The number of carbonyl (C=O) groups excluding carboxylic acids is 2. The van der Waals surface area contributed by atoms with Crippen molar-refractivity contribution >= 4 is 18.0 Å². The highest BCUT2D eigenvalue weighted by Crippen LogP contribution is 2.32. The van der Waals surface area contributed by atoms with Gasteiger partial charge in [0, 0.05) is 18.2 Å². The fraction of sp³-hybridized carbons (Fsp3) is 0.200. The number of fused-ring (bicyclic) bond motifs is 1. The minimum atomic E-state index is -0.989. The van der Waals surface area contributed by atoms with Crippen molar-refractivity contribution in [3.8, 4) is 11.5 Å². The number of benzene rings is 2. The van der Waals surface area contributed by atoms with Gasteiger partial charge in [-0.2, -0.15) is 0 Å². The Kier molecular flexibility index (Phi) is 5.71. The van der Waals surface area contributed by atoms with E-state index in [1.807, 2.05) is 6.07 Å². The lowest BCUT2D eigenvalue weighted by Crippen LogP contribution is -2.35. The summed E-state index contributed by atoms with van der Waals surface area (Å²) >= 11 is 0. The van der Waals surface area contributed by atoms with Crippen LogP contribution in [0.1, 0.15) is 18.1 Å². The van der Waals surface area contributed by atoms with Crippen LogP contribution in [-0.4, -0.2) is 24.8 Å². The van der Waals surface area contributed by atoms with Gasteiger partial charge in [-0.25, -0.2) is 9.18 Å². The molecule has 2 aromatic carbocycles. The molecular weight excluding hydrogens is 353 g/mol. The Morgan fingerprint density at radius 3 is 2.81 bits per heavy atom. The molecule has 0 aliphatic carbocycles. The summed E-state index contributed by atoms with van der Waals surface area (Å²) in [6.07, 6.45) is 1.39. The van der Waals surface area contributed by atoms with Gasteiger partial charge in [0.05, 0.1) is 0 Å². The molecule has 0 saturated carbocycles. The molecule has 140 valence electrons. The molecule has 0 unspecified atom stereocenters. The van der Waals surface area contributed by atoms with Crippen molar-refractivity contribution in [1.29, 1.82) is 0 Å². The molecule has 3 rings (SSSR count). The molecule has 0 fully saturated rings. The molecule has 1 aliphatic rings. The van der Waals surface area contributed by atoms with E-state index in [4.69, 9.17) is 14.2 Å². The van der Waals surface area contributed by atoms with Crippen molar-refractivity contribution < 1.29 is 28.2 Å². The summed E-state index contributed by atoms with van der Waals surface area (Å²) in [5.74, 6) is -0.339. The number of carbonyl (C=O) groups is 2. The monoisotopic (exact) mass is 371 g/mol. The summed E-state index contributed by atoms with van der Waals surface area (Å²) in [6, 6.07) is 11.4. The number of ether oxygens (including phenoxy) is 3. The van der Waals surface area contributed by atoms with Gasteiger partial charge in [-0.1, -0.05) is 24.3 Å². The summed E-state index contributed by atoms with van der Waals surface area (Å²) in [4.78, 5) is 23.9. The van der Waals surface area contributed by atoms with E-state index in [1.54, 1.807) is 24.3 Å². The molecule has 7 heteroatoms. The van der Waals surface area contributed by atoms with Crippen LogP contribution in [0.5, 0.6) is 11.5 Å². The van der Waals surface area contributed by atoms with Crippen LogP contribution >= 0.6 is 0 Å². The molecule has 0 spiro atoms. The van der Waals surface area contributed by atoms with Gasteiger partial charge in [0.25, 0.3) is 5.91 Å². The van der Waals surface area contributed by atoms with Crippen molar-refractivity contribution in [2.45, 2.75) is 19.6 Å². The lowest BCUT2D eigenvalue weighted by Gasteiger charge is -2.12. The van der Waals surface area contributed by atoms with Crippen LogP contribution in [0, 0.1) is 5.82 Å². The fourth-order valence-corrected chi connectivity index (χ4v) is 2.42. The van der Waals surface area contributed by atoms with Crippen molar-refractivity contribution in [3.05, 3.63) is 65.5 Å². The Balaban J connectivity index is 1.48. The highest BCUT2D eigenvalue weighted by Gasteiger charge is 2.17. The lowest BCUT2D eigenvalue weighted by atomic mass is 10.2. The quantitative estimate of drug-likeness (QED) is 0.624. The second kappa shape index (κ2) is 8.35. The molecular formula is C20H18FNO5. The Labute approximate surface area is 155 Å². The second-order valence-corrected chi connectivity index (χ2v) is 5.84. The van der Waals surface area contributed by atoms with Crippen LogP contribution < -0.4 is 14.8 Å². The highest BCUT2D eigenvalue weighted by atomic mass is 19.1. The second-order valence-electron chi connectivity index (χ2n) is 5.84. The predicted molar refractivity (Wildman–Crippen MR) is 95.4 cm³/mol. The van der Waals surface area contributed by atoms with Crippen LogP contribution in [-0.2, 0) is 20.9 Å². The fourth-order valence-electron chi connectivity index (χ4n) is 2.42. The minimum Gasteiger partial charge on any atom is -0.454 e. The van der Waals surface area contributed by atoms with Crippen molar-refractivity contribution in [1.82, 2.24) is 5.32 Å². The van der Waals surface area contributed by atoms with Crippen molar-refractivity contribution in [2.75, 3.05) is 6.79 Å². The zero-order chi connectivity index (χ0) is 19.2. The number of hydrogen-bond acceptors (Lipinski definition) is 5. The lowest BCUT2D eigenvalue weighted by molar-refractivity contribution is -0.150. The first-order valence-corrected chi connectivity index (χ1v) is 8.32. The van der Waals surface area contributed by atoms with E-state index in [1.165, 1.54) is 25.1 Å².